The van der Waals surface area contributed by atoms with Gasteiger partial charge in [-0.1, -0.05) is 60.1 Å². The largest absolute Gasteiger partial charge is 0.379 e. The van der Waals surface area contributed by atoms with Gasteiger partial charge in [0.05, 0.1) is 34.9 Å². The minimum Gasteiger partial charge on any atom is -0.379 e. The zero-order valence-electron chi connectivity index (χ0n) is 23.5. The Labute approximate surface area is 249 Å². The van der Waals surface area contributed by atoms with E-state index in [0.717, 1.165) is 29.2 Å². The van der Waals surface area contributed by atoms with Crippen molar-refractivity contribution in [2.24, 2.45) is 0 Å². The summed E-state index contributed by atoms with van der Waals surface area (Å²) < 4.78 is 23.5. The van der Waals surface area contributed by atoms with Crippen LogP contribution in [0.3, 0.4) is 0 Å². The van der Waals surface area contributed by atoms with Crippen LogP contribution in [0.4, 0.5) is 15.8 Å². The molecular formula is C33H27ClFN7. The molecule has 0 spiro atoms. The maximum atomic E-state index is 13.9. The zero-order valence-corrected chi connectivity index (χ0v) is 23.2. The second kappa shape index (κ2) is 10.9. The van der Waals surface area contributed by atoms with Crippen molar-refractivity contribution < 1.29 is 5.76 Å². The molecule has 7 nitrogen and oxygen atoms in total. The van der Waals surface area contributed by atoms with Crippen LogP contribution in [-0.4, -0.2) is 16.0 Å². The van der Waals surface area contributed by atoms with Gasteiger partial charge >= 0.3 is 0 Å². The molecule has 42 heavy (non-hydrogen) atoms. The number of hydrogen-bond acceptors (Lipinski definition) is 7. The molecule has 1 aliphatic carbocycles. The molecule has 1 saturated carbocycles. The highest BCUT2D eigenvalue weighted by Crippen LogP contribution is 2.37. The number of halogens is 2. The SMILES string of the molecule is [2H]C(Nc1cc(Cl)c2ncc(C#N)c(NCc3ccc4ccccc4c3)c2c1)(C1=CN(C2CC2)NN1)c1ccc(F)cc1. The van der Waals surface area contributed by atoms with E-state index in [1.165, 1.54) is 18.3 Å². The lowest BCUT2D eigenvalue weighted by Gasteiger charge is -2.22. The zero-order chi connectivity index (χ0) is 29.6. The smallest absolute Gasteiger partial charge is 0.123 e. The molecule has 7 rings (SSSR count). The molecular weight excluding hydrogens is 549 g/mol. The summed E-state index contributed by atoms with van der Waals surface area (Å²) in [5.74, 6) is -0.386. The topological polar surface area (TPSA) is 88.0 Å². The summed E-state index contributed by atoms with van der Waals surface area (Å²) >= 11 is 6.77. The molecule has 4 N–H and O–H groups in total. The second-order valence-corrected chi connectivity index (χ2v) is 10.9. The van der Waals surface area contributed by atoms with Crippen LogP contribution in [0.5, 0.6) is 0 Å². The number of pyridine rings is 1. The van der Waals surface area contributed by atoms with Crippen LogP contribution in [0, 0.1) is 17.1 Å². The number of anilines is 2. The quantitative estimate of drug-likeness (QED) is 0.156. The summed E-state index contributed by atoms with van der Waals surface area (Å²) in [5, 5.41) is 22.0. The Morgan fingerprint density at radius 1 is 1.10 bits per heavy atom. The molecule has 5 aromatic rings. The van der Waals surface area contributed by atoms with Crippen molar-refractivity contribution in [2.75, 3.05) is 10.6 Å². The van der Waals surface area contributed by atoms with Gasteiger partial charge in [0.15, 0.2) is 0 Å². The molecule has 1 aromatic heterocycles. The number of nitrogens with zero attached hydrogens (tertiary/aromatic N) is 3. The molecule has 1 unspecified atom stereocenters. The number of benzene rings is 4. The van der Waals surface area contributed by atoms with Gasteiger partial charge in [0.2, 0.25) is 0 Å². The Balaban J connectivity index is 1.27. The summed E-state index contributed by atoms with van der Waals surface area (Å²) in [6.07, 6.45) is 5.52. The van der Waals surface area contributed by atoms with Crippen molar-refractivity contribution in [1.82, 2.24) is 21.0 Å². The van der Waals surface area contributed by atoms with Crippen LogP contribution in [0.2, 0.25) is 5.02 Å². The lowest BCUT2D eigenvalue weighted by atomic mass is 10.0. The highest BCUT2D eigenvalue weighted by molar-refractivity contribution is 6.35. The van der Waals surface area contributed by atoms with Crippen LogP contribution in [0.15, 0.2) is 97.0 Å². The van der Waals surface area contributed by atoms with Crippen LogP contribution in [-0.2, 0) is 6.54 Å². The normalized spacial score (nSPS) is 16.4. The number of fused-ring (bicyclic) bond motifs is 2. The highest BCUT2D eigenvalue weighted by Gasteiger charge is 2.32. The van der Waals surface area contributed by atoms with Gasteiger partial charge in [-0.3, -0.25) is 9.99 Å². The minimum atomic E-state index is -1.53. The number of hydrazine groups is 2. The Bertz CT molecular complexity index is 1940. The Hall–Kier alpha value is -4.84. The van der Waals surface area contributed by atoms with Crippen molar-refractivity contribution in [2.45, 2.75) is 31.4 Å². The summed E-state index contributed by atoms with van der Waals surface area (Å²) in [7, 11) is 0. The molecule has 0 saturated heterocycles. The minimum absolute atomic E-state index is 0.365. The Kier molecular flexibility index (Phi) is 6.44. The Morgan fingerprint density at radius 2 is 1.90 bits per heavy atom. The summed E-state index contributed by atoms with van der Waals surface area (Å²) in [4.78, 5) is 4.48. The maximum absolute atomic E-state index is 13.9. The molecule has 9 heteroatoms. The predicted octanol–water partition coefficient (Wildman–Crippen LogP) is 7.15. The molecule has 0 radical (unpaired) electrons. The van der Waals surface area contributed by atoms with E-state index in [1.54, 1.807) is 18.2 Å². The number of aromatic nitrogens is 1. The lowest BCUT2D eigenvalue weighted by molar-refractivity contribution is 0.260. The first kappa shape index (κ1) is 24.9. The van der Waals surface area contributed by atoms with Crippen molar-refractivity contribution >= 4 is 44.7 Å². The van der Waals surface area contributed by atoms with Gasteiger partial charge in [-0.2, -0.15) is 5.26 Å². The van der Waals surface area contributed by atoms with E-state index in [1.807, 2.05) is 29.4 Å². The average Bonchev–Trinajstić information content (AvgIpc) is 3.75. The van der Waals surface area contributed by atoms with E-state index < -0.39 is 6.02 Å². The van der Waals surface area contributed by atoms with Gasteiger partial charge < -0.3 is 16.1 Å². The number of nitriles is 1. The standard InChI is InChI=1S/C33H27ClFN7/c34-29-15-26(39-32(22-7-9-25(35)10-8-22)30-19-42(41-40-30)27-11-12-27)14-28-31(24(16-36)18-38-33(28)29)37-17-20-5-6-21-3-1-2-4-23(21)13-20/h1-10,13-15,18-19,27,32,39-41H,11-12,17H2,(H,37,38)/i32D. The van der Waals surface area contributed by atoms with Crippen LogP contribution in [0.1, 0.15) is 36.9 Å². The molecule has 1 atom stereocenters. The summed E-state index contributed by atoms with van der Waals surface area (Å²) in [6, 6.07) is 24.9. The fourth-order valence-corrected chi connectivity index (χ4v) is 5.48. The van der Waals surface area contributed by atoms with Gasteiger partial charge in [0.25, 0.3) is 0 Å². The van der Waals surface area contributed by atoms with Crippen molar-refractivity contribution in [1.29, 1.82) is 5.26 Å². The third-order valence-corrected chi connectivity index (χ3v) is 7.82. The second-order valence-electron chi connectivity index (χ2n) is 10.5. The van der Waals surface area contributed by atoms with Crippen molar-refractivity contribution in [3.05, 3.63) is 124 Å². The van der Waals surface area contributed by atoms with E-state index in [4.69, 9.17) is 11.6 Å². The van der Waals surface area contributed by atoms with E-state index in [0.29, 0.717) is 56.7 Å². The summed E-state index contributed by atoms with van der Waals surface area (Å²) in [6.45, 7) is 0.478. The highest BCUT2D eigenvalue weighted by atomic mass is 35.5. The third-order valence-electron chi connectivity index (χ3n) is 7.53. The third kappa shape index (κ3) is 5.16. The number of hydrogen-bond donors (Lipinski definition) is 4. The van der Waals surface area contributed by atoms with E-state index in [-0.39, 0.29) is 5.82 Å². The number of rotatable bonds is 8. The van der Waals surface area contributed by atoms with Crippen LogP contribution >= 0.6 is 11.6 Å². The summed E-state index contributed by atoms with van der Waals surface area (Å²) in [5.41, 5.74) is 10.4. The van der Waals surface area contributed by atoms with Crippen molar-refractivity contribution in [3.63, 3.8) is 0 Å². The van der Waals surface area contributed by atoms with Gasteiger partial charge in [-0.25, -0.2) is 4.39 Å². The van der Waals surface area contributed by atoms with Gasteiger partial charge in [-0.15, -0.1) is 5.53 Å². The van der Waals surface area contributed by atoms with Gasteiger partial charge in [0.1, 0.15) is 11.9 Å². The Morgan fingerprint density at radius 3 is 2.69 bits per heavy atom. The first-order valence-corrected chi connectivity index (χ1v) is 14.1. The molecule has 0 bridgehead atoms. The van der Waals surface area contributed by atoms with Crippen LogP contribution < -0.4 is 21.6 Å². The molecule has 1 fully saturated rings. The van der Waals surface area contributed by atoms with Gasteiger partial charge in [-0.05, 0) is 65.1 Å². The molecule has 1 aliphatic heterocycles. The predicted molar refractivity (Wildman–Crippen MR) is 165 cm³/mol. The van der Waals surface area contributed by atoms with E-state index in [2.05, 4.69) is 63.0 Å². The van der Waals surface area contributed by atoms with Crippen molar-refractivity contribution in [3.8, 4) is 6.07 Å². The molecule has 0 amide bonds. The molecule has 4 aromatic carbocycles. The molecule has 2 heterocycles. The number of nitrogens with one attached hydrogen (secondary N) is 4. The van der Waals surface area contributed by atoms with Crippen LogP contribution in [0.25, 0.3) is 21.7 Å². The fourth-order valence-electron chi connectivity index (χ4n) is 5.21. The fraction of sp³-hybridized carbons (Fsp3) is 0.152. The average molecular weight is 577 g/mol. The molecule has 208 valence electrons. The maximum Gasteiger partial charge on any atom is 0.123 e. The van der Waals surface area contributed by atoms with E-state index in [9.17, 15) is 11.0 Å². The molecule has 2 aliphatic rings. The first-order chi connectivity index (χ1) is 20.9. The van der Waals surface area contributed by atoms with E-state index >= 15 is 0 Å². The van der Waals surface area contributed by atoms with Gasteiger partial charge in [0, 0.05) is 36.1 Å². The monoisotopic (exact) mass is 576 g/mol. The lowest BCUT2D eigenvalue weighted by Crippen LogP contribution is -2.38. The first-order valence-electron chi connectivity index (χ1n) is 14.2.